The van der Waals surface area contributed by atoms with Crippen molar-refractivity contribution in [3.63, 3.8) is 0 Å². The largest absolute Gasteiger partial charge is 0.380 e. The Morgan fingerprint density at radius 3 is 1.92 bits per heavy atom. The van der Waals surface area contributed by atoms with Crippen LogP contribution in [0.15, 0.2) is 0 Å². The van der Waals surface area contributed by atoms with Crippen LogP contribution >= 0.6 is 0 Å². The molecule has 0 aromatic carbocycles. The van der Waals surface area contributed by atoms with Gasteiger partial charge < -0.3 is 24.8 Å². The number of unbranched alkanes of at least 4 members (excludes halogenated alkanes) is 2. The summed E-state index contributed by atoms with van der Waals surface area (Å²) in [6, 6.07) is 0. The van der Waals surface area contributed by atoms with Crippen LogP contribution < -0.4 is 10.6 Å². The molecule has 26 heavy (non-hydrogen) atoms. The molecule has 0 atom stereocenters. The van der Waals surface area contributed by atoms with Gasteiger partial charge in [-0.1, -0.05) is 20.8 Å². The fraction of sp³-hybridized carbons (Fsp3) is 0.895. The maximum atomic E-state index is 11.9. The molecule has 0 fully saturated rings. The lowest BCUT2D eigenvalue weighted by atomic mass is 9.89. The predicted octanol–water partition coefficient (Wildman–Crippen LogP) is 1.90. The van der Waals surface area contributed by atoms with Crippen molar-refractivity contribution in [1.82, 2.24) is 10.6 Å². The smallest absolute Gasteiger partial charge is 0.246 e. The SMILES string of the molecule is CCOCC(=O)NCCOCCCCCOCCNC(=O)C(C)(C)CC. The van der Waals surface area contributed by atoms with Gasteiger partial charge in [0.15, 0.2) is 0 Å². The summed E-state index contributed by atoms with van der Waals surface area (Å²) in [7, 11) is 0. The van der Waals surface area contributed by atoms with E-state index in [1.54, 1.807) is 0 Å². The molecule has 0 unspecified atom stereocenters. The molecule has 7 heteroatoms. The van der Waals surface area contributed by atoms with Gasteiger partial charge in [-0.2, -0.15) is 0 Å². The molecule has 0 saturated carbocycles. The molecular formula is C19H38N2O5. The highest BCUT2D eigenvalue weighted by molar-refractivity contribution is 5.81. The average Bonchev–Trinajstić information content (AvgIpc) is 2.63. The molecule has 0 aliphatic carbocycles. The minimum Gasteiger partial charge on any atom is -0.380 e. The van der Waals surface area contributed by atoms with E-state index in [2.05, 4.69) is 10.6 Å². The van der Waals surface area contributed by atoms with Crippen molar-refractivity contribution in [3.05, 3.63) is 0 Å². The van der Waals surface area contributed by atoms with E-state index in [0.29, 0.717) is 46.1 Å². The molecule has 0 radical (unpaired) electrons. The Kier molecular flexibility index (Phi) is 15.3. The second kappa shape index (κ2) is 16.0. The quantitative estimate of drug-likeness (QED) is 0.380. The molecule has 0 spiro atoms. The van der Waals surface area contributed by atoms with Crippen molar-refractivity contribution in [3.8, 4) is 0 Å². The standard InChI is InChI=1S/C19H38N2O5/c1-5-19(3,4)18(23)21-11-15-26-13-9-7-8-12-25-14-10-20-17(22)16-24-6-2/h5-16H2,1-4H3,(H,20,22)(H,21,23). The van der Waals surface area contributed by atoms with E-state index in [1.165, 1.54) is 0 Å². The topological polar surface area (TPSA) is 85.9 Å². The highest BCUT2D eigenvalue weighted by Crippen LogP contribution is 2.18. The summed E-state index contributed by atoms with van der Waals surface area (Å²) in [5.74, 6) is -0.0307. The van der Waals surface area contributed by atoms with Gasteiger partial charge >= 0.3 is 0 Å². The lowest BCUT2D eigenvalue weighted by Gasteiger charge is -2.21. The van der Waals surface area contributed by atoms with Crippen LogP contribution in [0.2, 0.25) is 0 Å². The molecule has 0 aromatic heterocycles. The molecular weight excluding hydrogens is 336 g/mol. The van der Waals surface area contributed by atoms with Crippen molar-refractivity contribution >= 4 is 11.8 Å². The summed E-state index contributed by atoms with van der Waals surface area (Å²) in [5, 5.41) is 5.63. The van der Waals surface area contributed by atoms with E-state index < -0.39 is 0 Å². The second-order valence-corrected chi connectivity index (χ2v) is 6.77. The van der Waals surface area contributed by atoms with Crippen LogP contribution in [0, 0.1) is 5.41 Å². The number of hydrogen-bond donors (Lipinski definition) is 2. The number of amides is 2. The van der Waals surface area contributed by atoms with Gasteiger partial charge in [-0.3, -0.25) is 9.59 Å². The minimum atomic E-state index is -0.313. The van der Waals surface area contributed by atoms with Crippen molar-refractivity contribution in [1.29, 1.82) is 0 Å². The lowest BCUT2D eigenvalue weighted by molar-refractivity contribution is -0.129. The Morgan fingerprint density at radius 2 is 1.38 bits per heavy atom. The molecule has 2 amide bonds. The Morgan fingerprint density at radius 1 is 0.808 bits per heavy atom. The minimum absolute atomic E-state index is 0.0785. The molecule has 0 aromatic rings. The summed E-state index contributed by atoms with van der Waals surface area (Å²) in [4.78, 5) is 23.1. The average molecular weight is 375 g/mol. The van der Waals surface area contributed by atoms with E-state index in [0.717, 1.165) is 25.7 Å². The Labute approximate surface area is 158 Å². The van der Waals surface area contributed by atoms with E-state index in [4.69, 9.17) is 14.2 Å². The lowest BCUT2D eigenvalue weighted by Crippen LogP contribution is -2.38. The van der Waals surface area contributed by atoms with Crippen LogP contribution in [0.4, 0.5) is 0 Å². The Balaban J connectivity index is 3.27. The molecule has 0 aliphatic rings. The van der Waals surface area contributed by atoms with E-state index >= 15 is 0 Å². The number of rotatable bonds is 17. The molecule has 2 N–H and O–H groups in total. The molecule has 0 rings (SSSR count). The highest BCUT2D eigenvalue weighted by Gasteiger charge is 2.24. The zero-order valence-electron chi connectivity index (χ0n) is 17.0. The number of hydrogen-bond acceptors (Lipinski definition) is 5. The fourth-order valence-corrected chi connectivity index (χ4v) is 1.93. The first-order valence-electron chi connectivity index (χ1n) is 9.72. The van der Waals surface area contributed by atoms with E-state index in [1.807, 2.05) is 27.7 Å². The van der Waals surface area contributed by atoms with Gasteiger partial charge in [0, 0.05) is 38.3 Å². The van der Waals surface area contributed by atoms with Gasteiger partial charge in [-0.15, -0.1) is 0 Å². The number of ether oxygens (including phenoxy) is 3. The van der Waals surface area contributed by atoms with Crippen LogP contribution in [0.3, 0.4) is 0 Å². The van der Waals surface area contributed by atoms with Crippen molar-refractivity contribution in [2.45, 2.75) is 53.4 Å². The van der Waals surface area contributed by atoms with Crippen LogP contribution in [-0.4, -0.2) is 64.5 Å². The van der Waals surface area contributed by atoms with Crippen LogP contribution in [0.25, 0.3) is 0 Å². The molecule has 0 aliphatic heterocycles. The highest BCUT2D eigenvalue weighted by atomic mass is 16.5. The molecule has 0 heterocycles. The maximum absolute atomic E-state index is 11.9. The summed E-state index contributed by atoms with van der Waals surface area (Å²) in [5.41, 5.74) is -0.313. The third kappa shape index (κ3) is 14.0. The van der Waals surface area contributed by atoms with Gasteiger partial charge in [0.1, 0.15) is 6.61 Å². The zero-order chi connectivity index (χ0) is 19.7. The van der Waals surface area contributed by atoms with Crippen molar-refractivity contribution < 1.29 is 23.8 Å². The maximum Gasteiger partial charge on any atom is 0.246 e. The first-order valence-corrected chi connectivity index (χ1v) is 9.72. The van der Waals surface area contributed by atoms with Crippen molar-refractivity contribution in [2.75, 3.05) is 52.7 Å². The van der Waals surface area contributed by atoms with E-state index in [-0.39, 0.29) is 23.8 Å². The van der Waals surface area contributed by atoms with Gasteiger partial charge in [0.2, 0.25) is 11.8 Å². The first kappa shape index (κ1) is 24.8. The zero-order valence-corrected chi connectivity index (χ0v) is 17.0. The summed E-state index contributed by atoms with van der Waals surface area (Å²) in [6.07, 6.45) is 3.80. The van der Waals surface area contributed by atoms with Crippen LogP contribution in [0.1, 0.15) is 53.4 Å². The van der Waals surface area contributed by atoms with Crippen LogP contribution in [0.5, 0.6) is 0 Å². The molecule has 0 bridgehead atoms. The number of nitrogens with one attached hydrogen (secondary N) is 2. The summed E-state index contributed by atoms with van der Waals surface area (Å²) < 4.78 is 16.0. The van der Waals surface area contributed by atoms with Gasteiger partial charge in [0.05, 0.1) is 13.2 Å². The predicted molar refractivity (Wildman–Crippen MR) is 102 cm³/mol. The van der Waals surface area contributed by atoms with Gasteiger partial charge in [0.25, 0.3) is 0 Å². The first-order chi connectivity index (χ1) is 12.4. The summed E-state index contributed by atoms with van der Waals surface area (Å²) in [6.45, 7) is 11.9. The third-order valence-corrected chi connectivity index (χ3v) is 4.11. The summed E-state index contributed by atoms with van der Waals surface area (Å²) >= 11 is 0. The van der Waals surface area contributed by atoms with Crippen LogP contribution in [-0.2, 0) is 23.8 Å². The number of carbonyl (C=O) groups is 2. The van der Waals surface area contributed by atoms with Gasteiger partial charge in [-0.05, 0) is 32.6 Å². The van der Waals surface area contributed by atoms with E-state index in [9.17, 15) is 9.59 Å². The third-order valence-electron chi connectivity index (χ3n) is 4.11. The Hall–Kier alpha value is -1.18. The van der Waals surface area contributed by atoms with Gasteiger partial charge in [-0.25, -0.2) is 0 Å². The molecule has 7 nitrogen and oxygen atoms in total. The monoisotopic (exact) mass is 374 g/mol. The number of carbonyl (C=O) groups excluding carboxylic acids is 2. The molecule has 0 saturated heterocycles. The fourth-order valence-electron chi connectivity index (χ4n) is 1.93. The second-order valence-electron chi connectivity index (χ2n) is 6.77. The Bertz CT molecular complexity index is 375. The molecule has 154 valence electrons. The van der Waals surface area contributed by atoms with Crippen molar-refractivity contribution in [2.24, 2.45) is 5.41 Å². The normalized spacial score (nSPS) is 11.4.